The molecule has 3 atom stereocenters. The monoisotopic (exact) mass is 389 g/mol. The van der Waals surface area contributed by atoms with Gasteiger partial charge in [-0.05, 0) is 54.2 Å². The Labute approximate surface area is 165 Å². The molecule has 1 aromatic rings. The average molecular weight is 390 g/mol. The van der Waals surface area contributed by atoms with E-state index in [1.165, 1.54) is 18.9 Å². The molecular weight excluding hydrogens is 362 g/mol. The van der Waals surface area contributed by atoms with Crippen molar-refractivity contribution in [1.29, 1.82) is 0 Å². The van der Waals surface area contributed by atoms with Gasteiger partial charge in [0.25, 0.3) is 5.91 Å². The SMILES string of the molecule is C[C@H]1[C@@H](NC(=S)NNC(=O)/C=C/c2ccc3c(c2)OCCO3)CCC[C@@H]1C. The number of rotatable bonds is 3. The molecule has 0 aromatic heterocycles. The average Bonchev–Trinajstić information content (AvgIpc) is 2.68. The smallest absolute Gasteiger partial charge is 0.262 e. The summed E-state index contributed by atoms with van der Waals surface area (Å²) in [4.78, 5) is 12.0. The van der Waals surface area contributed by atoms with Crippen LogP contribution in [0, 0.1) is 11.8 Å². The number of hydrogen-bond acceptors (Lipinski definition) is 4. The van der Waals surface area contributed by atoms with Crippen molar-refractivity contribution < 1.29 is 14.3 Å². The summed E-state index contributed by atoms with van der Waals surface area (Å²) in [6.07, 6.45) is 6.74. The summed E-state index contributed by atoms with van der Waals surface area (Å²) in [5, 5.41) is 3.76. The molecule has 1 aromatic carbocycles. The topological polar surface area (TPSA) is 71.6 Å². The Hall–Kier alpha value is -2.28. The van der Waals surface area contributed by atoms with Crippen LogP contribution in [0.3, 0.4) is 0 Å². The highest BCUT2D eigenvalue weighted by Gasteiger charge is 2.27. The lowest BCUT2D eigenvalue weighted by atomic mass is 9.78. The number of hydrogen-bond donors (Lipinski definition) is 3. The van der Waals surface area contributed by atoms with Gasteiger partial charge in [-0.15, -0.1) is 0 Å². The van der Waals surface area contributed by atoms with Crippen LogP contribution in [-0.4, -0.2) is 30.3 Å². The van der Waals surface area contributed by atoms with E-state index in [2.05, 4.69) is 30.0 Å². The summed E-state index contributed by atoms with van der Waals surface area (Å²) < 4.78 is 11.0. The number of benzene rings is 1. The van der Waals surface area contributed by atoms with Crippen LogP contribution in [0.2, 0.25) is 0 Å². The van der Waals surface area contributed by atoms with E-state index in [9.17, 15) is 4.79 Å². The summed E-state index contributed by atoms with van der Waals surface area (Å²) in [5.74, 6) is 2.39. The van der Waals surface area contributed by atoms with Crippen molar-refractivity contribution in [3.05, 3.63) is 29.8 Å². The quantitative estimate of drug-likeness (QED) is 0.420. The van der Waals surface area contributed by atoms with Crippen molar-refractivity contribution in [1.82, 2.24) is 16.2 Å². The van der Waals surface area contributed by atoms with Gasteiger partial charge in [0.05, 0.1) is 0 Å². The van der Waals surface area contributed by atoms with Gasteiger partial charge in [-0.25, -0.2) is 0 Å². The zero-order valence-corrected chi connectivity index (χ0v) is 16.6. The molecule has 7 heteroatoms. The predicted octanol–water partition coefficient (Wildman–Crippen LogP) is 2.79. The van der Waals surface area contributed by atoms with Gasteiger partial charge in [-0.1, -0.05) is 32.8 Å². The van der Waals surface area contributed by atoms with E-state index in [0.717, 1.165) is 17.7 Å². The molecule has 146 valence electrons. The fourth-order valence-corrected chi connectivity index (χ4v) is 3.69. The Kier molecular flexibility index (Phi) is 6.55. The molecule has 1 aliphatic carbocycles. The normalized spacial score (nSPS) is 24.3. The summed E-state index contributed by atoms with van der Waals surface area (Å²) in [6, 6.07) is 5.92. The largest absolute Gasteiger partial charge is 0.486 e. The minimum absolute atomic E-state index is 0.279. The van der Waals surface area contributed by atoms with E-state index in [4.69, 9.17) is 21.7 Å². The van der Waals surface area contributed by atoms with Gasteiger partial charge < -0.3 is 14.8 Å². The van der Waals surface area contributed by atoms with Gasteiger partial charge in [0, 0.05) is 12.1 Å². The maximum atomic E-state index is 12.0. The molecule has 0 radical (unpaired) electrons. The van der Waals surface area contributed by atoms with Crippen LogP contribution in [0.1, 0.15) is 38.7 Å². The summed E-state index contributed by atoms with van der Waals surface area (Å²) in [7, 11) is 0. The Bertz CT molecular complexity index is 722. The van der Waals surface area contributed by atoms with E-state index in [1.54, 1.807) is 6.08 Å². The maximum Gasteiger partial charge on any atom is 0.262 e. The van der Waals surface area contributed by atoms with Crippen molar-refractivity contribution in [3.63, 3.8) is 0 Å². The lowest BCUT2D eigenvalue weighted by Gasteiger charge is -2.35. The van der Waals surface area contributed by atoms with Crippen molar-refractivity contribution in [2.45, 2.75) is 39.2 Å². The van der Waals surface area contributed by atoms with E-state index in [-0.39, 0.29) is 5.91 Å². The summed E-state index contributed by atoms with van der Waals surface area (Å²) in [5.41, 5.74) is 6.23. The summed E-state index contributed by atoms with van der Waals surface area (Å²) >= 11 is 5.30. The Morgan fingerprint density at radius 3 is 2.74 bits per heavy atom. The molecule has 1 saturated carbocycles. The van der Waals surface area contributed by atoms with Crippen molar-refractivity contribution in [3.8, 4) is 11.5 Å². The second kappa shape index (κ2) is 9.08. The van der Waals surface area contributed by atoms with Gasteiger partial charge in [0.15, 0.2) is 16.6 Å². The highest BCUT2D eigenvalue weighted by molar-refractivity contribution is 7.80. The van der Waals surface area contributed by atoms with Gasteiger partial charge in [-0.2, -0.15) is 0 Å². The Morgan fingerprint density at radius 2 is 1.93 bits per heavy atom. The molecule has 0 unspecified atom stereocenters. The van der Waals surface area contributed by atoms with Gasteiger partial charge in [0.2, 0.25) is 0 Å². The lowest BCUT2D eigenvalue weighted by Crippen LogP contribution is -2.52. The molecule has 0 bridgehead atoms. The van der Waals surface area contributed by atoms with E-state index < -0.39 is 0 Å². The van der Waals surface area contributed by atoms with Crippen molar-refractivity contribution >= 4 is 29.3 Å². The minimum atomic E-state index is -0.279. The fourth-order valence-electron chi connectivity index (χ4n) is 3.49. The van der Waals surface area contributed by atoms with Crippen LogP contribution in [0.15, 0.2) is 24.3 Å². The minimum Gasteiger partial charge on any atom is -0.486 e. The van der Waals surface area contributed by atoms with Crippen molar-refractivity contribution in [2.75, 3.05) is 13.2 Å². The number of nitrogens with one attached hydrogen (secondary N) is 3. The molecule has 1 aliphatic heterocycles. The van der Waals surface area contributed by atoms with Crippen LogP contribution in [0.4, 0.5) is 0 Å². The van der Waals surface area contributed by atoms with Crippen molar-refractivity contribution in [2.24, 2.45) is 11.8 Å². The van der Waals surface area contributed by atoms with Gasteiger partial charge in [-0.3, -0.25) is 15.6 Å². The molecule has 6 nitrogen and oxygen atoms in total. The van der Waals surface area contributed by atoms with E-state index >= 15 is 0 Å². The van der Waals surface area contributed by atoms with E-state index in [0.29, 0.717) is 42.0 Å². The molecule has 1 heterocycles. The number of amides is 1. The molecule has 3 N–H and O–H groups in total. The number of hydrazine groups is 1. The second-order valence-corrected chi connectivity index (χ2v) is 7.61. The molecule has 27 heavy (non-hydrogen) atoms. The molecule has 3 rings (SSSR count). The fraction of sp³-hybridized carbons (Fsp3) is 0.500. The molecular formula is C20H27N3O3S. The number of thiocarbonyl (C=S) groups is 1. The zero-order chi connectivity index (χ0) is 19.2. The first kappa shape index (κ1) is 19.5. The van der Waals surface area contributed by atoms with Gasteiger partial charge >= 0.3 is 0 Å². The van der Waals surface area contributed by atoms with Crippen LogP contribution >= 0.6 is 12.2 Å². The predicted molar refractivity (Wildman–Crippen MR) is 109 cm³/mol. The third kappa shape index (κ3) is 5.35. The molecule has 0 spiro atoms. The third-order valence-electron chi connectivity index (χ3n) is 5.32. The first-order valence-corrected chi connectivity index (χ1v) is 9.88. The van der Waals surface area contributed by atoms with Crippen LogP contribution in [-0.2, 0) is 4.79 Å². The van der Waals surface area contributed by atoms with Crippen LogP contribution in [0.5, 0.6) is 11.5 Å². The third-order valence-corrected chi connectivity index (χ3v) is 5.54. The number of carbonyl (C=O) groups excluding carboxylic acids is 1. The van der Waals surface area contributed by atoms with Gasteiger partial charge in [0.1, 0.15) is 13.2 Å². The van der Waals surface area contributed by atoms with E-state index in [1.807, 2.05) is 18.2 Å². The first-order valence-electron chi connectivity index (χ1n) is 9.47. The highest BCUT2D eigenvalue weighted by Crippen LogP contribution is 2.31. The standard InChI is InChI=1S/C20H27N3O3S/c1-13-4-3-5-16(14(13)2)21-20(27)23-22-19(24)9-7-15-6-8-17-18(12-15)26-11-10-25-17/h6-9,12-14,16H,3-5,10-11H2,1-2H3,(H,22,24)(H2,21,23,27)/b9-7+/t13-,14+,16-/m0/s1. The summed E-state index contributed by atoms with van der Waals surface area (Å²) in [6.45, 7) is 5.62. The molecule has 1 fully saturated rings. The van der Waals surface area contributed by atoms with Crippen LogP contribution < -0.4 is 25.6 Å². The number of ether oxygens (including phenoxy) is 2. The molecule has 1 amide bonds. The number of carbonyl (C=O) groups is 1. The Balaban J connectivity index is 1.45. The van der Waals surface area contributed by atoms with Crippen LogP contribution in [0.25, 0.3) is 6.08 Å². The molecule has 0 saturated heterocycles. The first-order chi connectivity index (χ1) is 13.0. The highest BCUT2D eigenvalue weighted by atomic mass is 32.1. The second-order valence-electron chi connectivity index (χ2n) is 7.20. The maximum absolute atomic E-state index is 12.0. The Morgan fingerprint density at radius 1 is 1.15 bits per heavy atom. The lowest BCUT2D eigenvalue weighted by molar-refractivity contribution is -0.116. The number of fused-ring (bicyclic) bond motifs is 1. The zero-order valence-electron chi connectivity index (χ0n) is 15.8. The molecule has 2 aliphatic rings.